The predicted octanol–water partition coefficient (Wildman–Crippen LogP) is 4.43. The Balaban J connectivity index is 1.56. The molecule has 1 atom stereocenters. The molecule has 0 amide bonds. The van der Waals surface area contributed by atoms with Gasteiger partial charge in [-0.3, -0.25) is 10.1 Å². The average molecular weight is 438 g/mol. The second-order valence-electron chi connectivity index (χ2n) is 6.97. The quantitative estimate of drug-likeness (QED) is 0.323. The third-order valence-corrected chi connectivity index (χ3v) is 5.31. The number of aliphatic hydroxyl groups is 1. The van der Waals surface area contributed by atoms with Crippen LogP contribution in [0.2, 0.25) is 5.02 Å². The molecule has 0 aliphatic rings. The molecule has 158 valence electrons. The van der Waals surface area contributed by atoms with Crippen molar-refractivity contribution in [3.05, 3.63) is 77.3 Å². The van der Waals surface area contributed by atoms with Gasteiger partial charge in [-0.2, -0.15) is 0 Å². The Morgan fingerprint density at radius 1 is 1.10 bits per heavy atom. The summed E-state index contributed by atoms with van der Waals surface area (Å²) in [5.41, 5.74) is 3.98. The lowest BCUT2D eigenvalue weighted by atomic mass is 10.0. The van der Waals surface area contributed by atoms with Gasteiger partial charge in [-0.25, -0.2) is 0 Å². The molecule has 1 aromatic heterocycles. The molecule has 0 saturated heterocycles. The highest BCUT2D eigenvalue weighted by molar-refractivity contribution is 6.36. The van der Waals surface area contributed by atoms with Gasteiger partial charge in [0.05, 0.1) is 22.7 Å². The topological polar surface area (TPSA) is 108 Å². The second-order valence-corrected chi connectivity index (χ2v) is 7.35. The molecule has 31 heavy (non-hydrogen) atoms. The van der Waals surface area contributed by atoms with Crippen molar-refractivity contribution >= 4 is 40.0 Å². The lowest BCUT2D eigenvalue weighted by molar-refractivity contribution is -0.140. The molecule has 0 aliphatic heterocycles. The number of aliphatic carboxylic acids is 1. The van der Waals surface area contributed by atoms with E-state index in [4.69, 9.17) is 26.3 Å². The Hall–Kier alpha value is -3.39. The summed E-state index contributed by atoms with van der Waals surface area (Å²) in [6, 6.07) is 20.1. The first kappa shape index (κ1) is 20.9. The maximum atomic E-state index is 11.0. The maximum absolute atomic E-state index is 11.0. The van der Waals surface area contributed by atoms with Gasteiger partial charge >= 0.3 is 5.97 Å². The van der Waals surface area contributed by atoms with E-state index in [2.05, 4.69) is 15.8 Å². The van der Waals surface area contributed by atoms with Crippen LogP contribution >= 0.6 is 11.6 Å². The Bertz CT molecular complexity index is 1210. The number of rotatable bonds is 8. The van der Waals surface area contributed by atoms with Crippen molar-refractivity contribution in [3.8, 4) is 11.1 Å². The second kappa shape index (κ2) is 9.18. The van der Waals surface area contributed by atoms with E-state index in [0.29, 0.717) is 22.1 Å². The lowest BCUT2D eigenvalue weighted by Crippen LogP contribution is -2.39. The van der Waals surface area contributed by atoms with Crippen LogP contribution in [0, 0.1) is 0 Å². The van der Waals surface area contributed by atoms with Crippen LogP contribution in [0.4, 0.5) is 11.5 Å². The number of anilines is 2. The molecular formula is C23H20ClN3O4. The van der Waals surface area contributed by atoms with E-state index in [1.807, 2.05) is 60.7 Å². The van der Waals surface area contributed by atoms with E-state index in [0.717, 1.165) is 22.1 Å². The van der Waals surface area contributed by atoms with Gasteiger partial charge in [-0.05, 0) is 29.3 Å². The number of aromatic nitrogens is 1. The first-order valence-corrected chi connectivity index (χ1v) is 10.0. The van der Waals surface area contributed by atoms with Crippen LogP contribution in [-0.4, -0.2) is 34.0 Å². The van der Waals surface area contributed by atoms with Gasteiger partial charge in [0, 0.05) is 12.1 Å². The van der Waals surface area contributed by atoms with Crippen LogP contribution in [-0.2, 0) is 11.3 Å². The van der Waals surface area contributed by atoms with Gasteiger partial charge in [0.25, 0.3) is 0 Å². The Labute approximate surface area is 183 Å². The standard InChI is InChI=1S/C23H20ClN3O4/c24-21-16(15-5-2-1-3-6-15)7-4-8-18(21)26-22-17-10-9-14(11-20(17)31-27-22)12-25-19(13-28)23(29)30/h1-11,19,25,28H,12-13H2,(H,26,27)(H,29,30)/t19-/m0/s1. The number of carbonyl (C=O) groups is 1. The fraction of sp³-hybridized carbons (Fsp3) is 0.130. The number of nitrogens with zero attached hydrogens (tertiary/aromatic N) is 1. The molecule has 4 rings (SSSR count). The van der Waals surface area contributed by atoms with Crippen LogP contribution in [0.1, 0.15) is 5.56 Å². The lowest BCUT2D eigenvalue weighted by Gasteiger charge is -2.11. The largest absolute Gasteiger partial charge is 0.480 e. The molecule has 4 N–H and O–H groups in total. The summed E-state index contributed by atoms with van der Waals surface area (Å²) < 4.78 is 5.45. The highest BCUT2D eigenvalue weighted by atomic mass is 35.5. The van der Waals surface area contributed by atoms with E-state index in [1.54, 1.807) is 6.07 Å². The van der Waals surface area contributed by atoms with Gasteiger partial charge in [0.1, 0.15) is 6.04 Å². The van der Waals surface area contributed by atoms with Gasteiger partial charge in [-0.15, -0.1) is 0 Å². The Morgan fingerprint density at radius 3 is 2.65 bits per heavy atom. The summed E-state index contributed by atoms with van der Waals surface area (Å²) >= 11 is 6.65. The zero-order valence-corrected chi connectivity index (χ0v) is 17.1. The molecule has 8 heteroatoms. The SMILES string of the molecule is O=C(O)[C@H](CO)NCc1ccc2c(Nc3cccc(-c4ccccc4)c3Cl)noc2c1. The fourth-order valence-electron chi connectivity index (χ4n) is 3.25. The molecule has 0 bridgehead atoms. The number of hydrogen-bond acceptors (Lipinski definition) is 6. The number of hydrogen-bond donors (Lipinski definition) is 4. The molecule has 0 saturated carbocycles. The number of halogens is 1. The van der Waals surface area contributed by atoms with Crippen molar-refractivity contribution in [2.24, 2.45) is 0 Å². The first-order chi connectivity index (χ1) is 15.1. The molecule has 3 aromatic carbocycles. The van der Waals surface area contributed by atoms with Crippen LogP contribution in [0.25, 0.3) is 22.1 Å². The van der Waals surface area contributed by atoms with Crippen LogP contribution < -0.4 is 10.6 Å². The van der Waals surface area contributed by atoms with E-state index >= 15 is 0 Å². The molecule has 0 spiro atoms. The number of aliphatic hydroxyl groups excluding tert-OH is 1. The van der Waals surface area contributed by atoms with E-state index in [-0.39, 0.29) is 6.54 Å². The van der Waals surface area contributed by atoms with Crippen molar-refractivity contribution in [1.82, 2.24) is 10.5 Å². The summed E-state index contributed by atoms with van der Waals surface area (Å²) in [5, 5.41) is 29.6. The smallest absolute Gasteiger partial charge is 0.323 e. The van der Waals surface area contributed by atoms with Crippen molar-refractivity contribution in [2.45, 2.75) is 12.6 Å². The molecule has 1 heterocycles. The highest BCUT2D eigenvalue weighted by Crippen LogP contribution is 2.36. The van der Waals surface area contributed by atoms with E-state index in [9.17, 15) is 4.79 Å². The zero-order valence-electron chi connectivity index (χ0n) is 16.4. The highest BCUT2D eigenvalue weighted by Gasteiger charge is 2.16. The number of benzene rings is 3. The Morgan fingerprint density at radius 2 is 1.90 bits per heavy atom. The van der Waals surface area contributed by atoms with Gasteiger partial charge in [-0.1, -0.05) is 65.3 Å². The summed E-state index contributed by atoms with van der Waals surface area (Å²) in [5.74, 6) is -0.579. The molecule has 0 fully saturated rings. The summed E-state index contributed by atoms with van der Waals surface area (Å²) in [4.78, 5) is 11.0. The molecule has 0 unspecified atom stereocenters. The van der Waals surface area contributed by atoms with Crippen LogP contribution in [0.5, 0.6) is 0 Å². The van der Waals surface area contributed by atoms with Crippen LogP contribution in [0.15, 0.2) is 71.3 Å². The van der Waals surface area contributed by atoms with Crippen molar-refractivity contribution < 1.29 is 19.5 Å². The molecule has 4 aromatic rings. The Kier molecular flexibility index (Phi) is 6.18. The first-order valence-electron chi connectivity index (χ1n) is 9.63. The average Bonchev–Trinajstić information content (AvgIpc) is 3.18. The zero-order chi connectivity index (χ0) is 21.8. The van der Waals surface area contributed by atoms with Crippen molar-refractivity contribution in [2.75, 3.05) is 11.9 Å². The third kappa shape index (κ3) is 4.54. The van der Waals surface area contributed by atoms with Crippen LogP contribution in [0.3, 0.4) is 0 Å². The normalized spacial score (nSPS) is 12.1. The molecule has 0 aliphatic carbocycles. The van der Waals surface area contributed by atoms with E-state index < -0.39 is 18.6 Å². The summed E-state index contributed by atoms with van der Waals surface area (Å²) in [7, 11) is 0. The number of nitrogens with one attached hydrogen (secondary N) is 2. The predicted molar refractivity (Wildman–Crippen MR) is 120 cm³/mol. The molecule has 7 nitrogen and oxygen atoms in total. The van der Waals surface area contributed by atoms with Crippen molar-refractivity contribution in [1.29, 1.82) is 0 Å². The minimum absolute atomic E-state index is 0.266. The summed E-state index contributed by atoms with van der Waals surface area (Å²) in [6.07, 6.45) is 0. The number of fused-ring (bicyclic) bond motifs is 1. The third-order valence-electron chi connectivity index (χ3n) is 4.91. The fourth-order valence-corrected chi connectivity index (χ4v) is 3.53. The maximum Gasteiger partial charge on any atom is 0.323 e. The monoisotopic (exact) mass is 437 g/mol. The van der Waals surface area contributed by atoms with E-state index in [1.165, 1.54) is 0 Å². The number of carboxylic acids is 1. The van der Waals surface area contributed by atoms with Gasteiger partial charge in [0.2, 0.25) is 0 Å². The number of carboxylic acid groups (broad SMARTS) is 1. The minimum atomic E-state index is -1.11. The van der Waals surface area contributed by atoms with Crippen molar-refractivity contribution in [3.63, 3.8) is 0 Å². The summed E-state index contributed by atoms with van der Waals surface area (Å²) in [6.45, 7) is -0.224. The molecular weight excluding hydrogens is 418 g/mol. The van der Waals surface area contributed by atoms with Gasteiger partial charge < -0.3 is 20.1 Å². The minimum Gasteiger partial charge on any atom is -0.480 e. The van der Waals surface area contributed by atoms with Gasteiger partial charge in [0.15, 0.2) is 11.4 Å². The molecule has 0 radical (unpaired) electrons.